The van der Waals surface area contributed by atoms with Crippen LogP contribution in [0, 0.1) is 12.3 Å². The Morgan fingerprint density at radius 3 is 2.86 bits per heavy atom. The molecule has 0 N–H and O–H groups in total. The molecule has 0 aliphatic carbocycles. The van der Waals surface area contributed by atoms with Crippen molar-refractivity contribution in [3.05, 3.63) is 41.6 Å². The molecule has 1 aromatic carbocycles. The van der Waals surface area contributed by atoms with Crippen LogP contribution in [0.5, 0.6) is 0 Å². The van der Waals surface area contributed by atoms with Crippen LogP contribution in [0.2, 0.25) is 0 Å². The number of hydrogen-bond donors (Lipinski definition) is 0. The molecule has 2 heteroatoms. The summed E-state index contributed by atoms with van der Waals surface area (Å²) in [5.41, 5.74) is 1.68. The van der Waals surface area contributed by atoms with E-state index in [0.717, 1.165) is 17.2 Å². The van der Waals surface area contributed by atoms with Crippen LogP contribution in [0.4, 0.5) is 0 Å². The minimum absolute atomic E-state index is 0.402. The zero-order chi connectivity index (χ0) is 9.97. The highest BCUT2D eigenvalue weighted by Crippen LogP contribution is 2.14. The molecule has 14 heavy (non-hydrogen) atoms. The molecule has 0 saturated heterocycles. The lowest BCUT2D eigenvalue weighted by Gasteiger charge is -2.00. The van der Waals surface area contributed by atoms with E-state index < -0.39 is 0 Å². The number of carbonyl (C=O) groups excluding carboxylic acids is 1. The smallest absolute Gasteiger partial charge is 0.152 e. The molecule has 1 heterocycles. The molecule has 2 rings (SSSR count). The first kappa shape index (κ1) is 8.46. The van der Waals surface area contributed by atoms with Crippen molar-refractivity contribution in [1.82, 2.24) is 4.98 Å². The molecule has 0 aliphatic heterocycles. The first-order valence-corrected chi connectivity index (χ1v) is 4.16. The predicted octanol–water partition coefficient (Wildman–Crippen LogP) is 2.03. The molecule has 0 saturated carbocycles. The summed E-state index contributed by atoms with van der Waals surface area (Å²) >= 11 is 0. The molecule has 0 aliphatic rings. The van der Waals surface area contributed by atoms with Crippen molar-refractivity contribution in [2.24, 2.45) is 0 Å². The van der Waals surface area contributed by atoms with Gasteiger partial charge in [-0.2, -0.15) is 0 Å². The van der Waals surface area contributed by atoms with Gasteiger partial charge in [0.15, 0.2) is 6.29 Å². The van der Waals surface area contributed by atoms with E-state index in [0.29, 0.717) is 11.3 Å². The molecule has 0 unspecified atom stereocenters. The van der Waals surface area contributed by atoms with Gasteiger partial charge in [-0.1, -0.05) is 18.2 Å². The van der Waals surface area contributed by atoms with Crippen LogP contribution in [0.3, 0.4) is 0 Å². The maximum Gasteiger partial charge on any atom is 0.152 e. The highest BCUT2D eigenvalue weighted by Gasteiger charge is 2.02. The Hall–Kier alpha value is -2.14. The molecule has 1 aromatic heterocycles. The van der Waals surface area contributed by atoms with Crippen LogP contribution >= 0.6 is 0 Å². The molecule has 66 valence electrons. The van der Waals surface area contributed by atoms with Gasteiger partial charge in [0.05, 0.1) is 5.52 Å². The van der Waals surface area contributed by atoms with Gasteiger partial charge < -0.3 is 0 Å². The Labute approximate surface area is 81.6 Å². The third kappa shape index (κ3) is 1.25. The van der Waals surface area contributed by atoms with Gasteiger partial charge in [-0.05, 0) is 18.1 Å². The number of carbonyl (C=O) groups is 1. The quantitative estimate of drug-likeness (QED) is 0.497. The molecular formula is C12H7NO. The lowest BCUT2D eigenvalue weighted by Crippen LogP contribution is -1.92. The monoisotopic (exact) mass is 181 g/mol. The zero-order valence-corrected chi connectivity index (χ0v) is 7.40. The normalized spacial score (nSPS) is 9.64. The average molecular weight is 181 g/mol. The number of para-hydroxylation sites is 1. The standard InChI is InChI=1S/C12H7NO/c1-2-11-10(8-14)7-9-5-3-4-6-12(9)13-11/h1,3-8H. The van der Waals surface area contributed by atoms with E-state index in [2.05, 4.69) is 10.9 Å². The SMILES string of the molecule is C#Cc1nc2ccccc2cc1C=O. The summed E-state index contributed by atoms with van der Waals surface area (Å²) in [6, 6.07) is 9.30. The number of pyridine rings is 1. The summed E-state index contributed by atoms with van der Waals surface area (Å²) in [6.45, 7) is 0. The second-order valence-electron chi connectivity index (χ2n) is 2.88. The van der Waals surface area contributed by atoms with E-state index in [-0.39, 0.29) is 0 Å². The van der Waals surface area contributed by atoms with E-state index in [1.54, 1.807) is 6.07 Å². The maximum atomic E-state index is 10.7. The van der Waals surface area contributed by atoms with Crippen LogP contribution < -0.4 is 0 Å². The molecule has 2 nitrogen and oxygen atoms in total. The molecule has 2 aromatic rings. The Balaban J connectivity index is 2.83. The highest BCUT2D eigenvalue weighted by molar-refractivity contribution is 5.88. The third-order valence-corrected chi connectivity index (χ3v) is 2.02. The Morgan fingerprint density at radius 2 is 2.14 bits per heavy atom. The number of nitrogens with zero attached hydrogens (tertiary/aromatic N) is 1. The van der Waals surface area contributed by atoms with Gasteiger partial charge in [0.25, 0.3) is 0 Å². The predicted molar refractivity (Wildman–Crippen MR) is 55.1 cm³/mol. The van der Waals surface area contributed by atoms with E-state index >= 15 is 0 Å². The van der Waals surface area contributed by atoms with Crippen molar-refractivity contribution in [3.63, 3.8) is 0 Å². The summed E-state index contributed by atoms with van der Waals surface area (Å²) in [5, 5.41) is 0.925. The van der Waals surface area contributed by atoms with Gasteiger partial charge in [0.1, 0.15) is 5.69 Å². The number of fused-ring (bicyclic) bond motifs is 1. The van der Waals surface area contributed by atoms with Crippen molar-refractivity contribution in [1.29, 1.82) is 0 Å². The minimum Gasteiger partial charge on any atom is -0.298 e. The first-order chi connectivity index (χ1) is 6.85. The number of rotatable bonds is 1. The van der Waals surface area contributed by atoms with Crippen LogP contribution in [0.15, 0.2) is 30.3 Å². The van der Waals surface area contributed by atoms with Crippen LogP contribution in [0.1, 0.15) is 16.1 Å². The summed E-state index contributed by atoms with van der Waals surface area (Å²) in [4.78, 5) is 14.9. The van der Waals surface area contributed by atoms with Crippen molar-refractivity contribution >= 4 is 17.2 Å². The molecule has 0 radical (unpaired) electrons. The van der Waals surface area contributed by atoms with Crippen LogP contribution in [0.25, 0.3) is 10.9 Å². The number of benzene rings is 1. The topological polar surface area (TPSA) is 30.0 Å². The Morgan fingerprint density at radius 1 is 1.36 bits per heavy atom. The van der Waals surface area contributed by atoms with Gasteiger partial charge in [0.2, 0.25) is 0 Å². The molecule has 0 bridgehead atoms. The van der Waals surface area contributed by atoms with Gasteiger partial charge in [-0.25, -0.2) is 4.98 Å². The largest absolute Gasteiger partial charge is 0.298 e. The fourth-order valence-corrected chi connectivity index (χ4v) is 1.34. The number of aromatic nitrogens is 1. The van der Waals surface area contributed by atoms with Gasteiger partial charge in [-0.15, -0.1) is 6.42 Å². The summed E-state index contributed by atoms with van der Waals surface area (Å²) in [5.74, 6) is 2.40. The Kier molecular flexibility index (Phi) is 2.00. The molecule has 0 atom stereocenters. The zero-order valence-electron chi connectivity index (χ0n) is 7.40. The van der Waals surface area contributed by atoms with E-state index in [9.17, 15) is 4.79 Å². The Bertz CT molecular complexity index is 538. The fraction of sp³-hybridized carbons (Fsp3) is 0. The summed E-state index contributed by atoms with van der Waals surface area (Å²) < 4.78 is 0. The van der Waals surface area contributed by atoms with Gasteiger partial charge in [0, 0.05) is 10.9 Å². The average Bonchev–Trinajstić information content (AvgIpc) is 2.27. The number of aldehydes is 1. The third-order valence-electron chi connectivity index (χ3n) is 2.02. The molecule has 0 fully saturated rings. The maximum absolute atomic E-state index is 10.7. The van der Waals surface area contributed by atoms with Crippen molar-refractivity contribution in [2.75, 3.05) is 0 Å². The van der Waals surface area contributed by atoms with E-state index in [1.807, 2.05) is 24.3 Å². The fourth-order valence-electron chi connectivity index (χ4n) is 1.34. The second kappa shape index (κ2) is 3.31. The second-order valence-corrected chi connectivity index (χ2v) is 2.88. The van der Waals surface area contributed by atoms with Gasteiger partial charge in [-0.3, -0.25) is 4.79 Å². The minimum atomic E-state index is 0.402. The van der Waals surface area contributed by atoms with Crippen LogP contribution in [-0.2, 0) is 0 Å². The summed E-state index contributed by atoms with van der Waals surface area (Å²) in [6.07, 6.45) is 5.98. The lowest BCUT2D eigenvalue weighted by molar-refractivity contribution is 0.112. The molecule has 0 amide bonds. The molecule has 0 spiro atoms. The van der Waals surface area contributed by atoms with Crippen LogP contribution in [-0.4, -0.2) is 11.3 Å². The van der Waals surface area contributed by atoms with E-state index in [4.69, 9.17) is 6.42 Å². The number of hydrogen-bond acceptors (Lipinski definition) is 2. The highest BCUT2D eigenvalue weighted by atomic mass is 16.1. The van der Waals surface area contributed by atoms with Crippen molar-refractivity contribution in [2.45, 2.75) is 0 Å². The first-order valence-electron chi connectivity index (χ1n) is 4.16. The number of terminal acetylenes is 1. The van der Waals surface area contributed by atoms with E-state index in [1.165, 1.54) is 0 Å². The van der Waals surface area contributed by atoms with Gasteiger partial charge >= 0.3 is 0 Å². The van der Waals surface area contributed by atoms with Crippen molar-refractivity contribution < 1.29 is 4.79 Å². The molecular weight excluding hydrogens is 174 g/mol. The lowest BCUT2D eigenvalue weighted by atomic mass is 10.1. The van der Waals surface area contributed by atoms with Crippen molar-refractivity contribution in [3.8, 4) is 12.3 Å². The summed E-state index contributed by atoms with van der Waals surface area (Å²) in [7, 11) is 0.